The zero-order chi connectivity index (χ0) is 11.5. The highest BCUT2D eigenvalue weighted by Gasteiger charge is 2.05. The fraction of sp³-hybridized carbons (Fsp3) is 0.231. The van der Waals surface area contributed by atoms with Crippen LogP contribution in [0.5, 0.6) is 0 Å². The van der Waals surface area contributed by atoms with Gasteiger partial charge in [0, 0.05) is 17.4 Å². The molecule has 0 aliphatic heterocycles. The van der Waals surface area contributed by atoms with E-state index in [1.54, 1.807) is 18.3 Å². The number of carbonyl (C=O) groups excluding carboxylic acids is 1. The van der Waals surface area contributed by atoms with Crippen molar-refractivity contribution in [1.82, 2.24) is 4.98 Å². The van der Waals surface area contributed by atoms with Gasteiger partial charge in [0.1, 0.15) is 10.8 Å². The Balaban J connectivity index is 2.24. The lowest BCUT2D eigenvalue weighted by molar-refractivity contribution is -0.116. The third-order valence-electron chi connectivity index (χ3n) is 2.28. The van der Waals surface area contributed by atoms with Crippen molar-refractivity contribution >= 4 is 17.1 Å². The highest BCUT2D eigenvalue weighted by Crippen LogP contribution is 2.24. The van der Waals surface area contributed by atoms with Gasteiger partial charge in [-0.25, -0.2) is 4.98 Å². The lowest BCUT2D eigenvalue weighted by Crippen LogP contribution is -1.95. The molecule has 2 nitrogen and oxygen atoms in total. The molecule has 0 atom stereocenters. The Morgan fingerprint density at radius 2 is 2.00 bits per heavy atom. The van der Waals surface area contributed by atoms with Gasteiger partial charge in [0.25, 0.3) is 0 Å². The maximum absolute atomic E-state index is 11.0. The molecular weight excluding hydrogens is 218 g/mol. The molecule has 0 aliphatic rings. The Morgan fingerprint density at radius 3 is 2.62 bits per heavy atom. The predicted octanol–water partition coefficient (Wildman–Crippen LogP) is 3.25. The van der Waals surface area contributed by atoms with Gasteiger partial charge in [-0.2, -0.15) is 0 Å². The highest BCUT2D eigenvalue weighted by molar-refractivity contribution is 7.13. The number of Topliss-reactive ketones (excluding diaryl/α,β-unsaturated/α-hetero) is 1. The average Bonchev–Trinajstić information content (AvgIpc) is 2.66. The second kappa shape index (κ2) is 4.58. The summed E-state index contributed by atoms with van der Waals surface area (Å²) in [6, 6.07) is 8.26. The standard InChI is InChI=1S/C13H13NOS/c1-9-3-5-11(6-4-9)13-14-12(8-16-13)7-10(2)15/h3-6,8H,7H2,1-2H3. The molecule has 0 saturated carbocycles. The maximum Gasteiger partial charge on any atom is 0.135 e. The van der Waals surface area contributed by atoms with Crippen molar-refractivity contribution in [2.45, 2.75) is 20.3 Å². The lowest BCUT2D eigenvalue weighted by atomic mass is 10.2. The lowest BCUT2D eigenvalue weighted by Gasteiger charge is -1.96. The smallest absolute Gasteiger partial charge is 0.135 e. The van der Waals surface area contributed by atoms with E-state index in [1.165, 1.54) is 5.56 Å². The number of aromatic nitrogens is 1. The summed E-state index contributed by atoms with van der Waals surface area (Å²) in [5, 5.41) is 2.94. The van der Waals surface area contributed by atoms with Crippen LogP contribution in [-0.2, 0) is 11.2 Å². The molecule has 0 spiro atoms. The molecule has 1 aromatic carbocycles. The van der Waals surface area contributed by atoms with Crippen LogP contribution in [0.1, 0.15) is 18.2 Å². The van der Waals surface area contributed by atoms with Gasteiger partial charge in [0.2, 0.25) is 0 Å². The Labute approximate surface area is 99.0 Å². The van der Waals surface area contributed by atoms with Crippen LogP contribution in [0.3, 0.4) is 0 Å². The Bertz CT molecular complexity index is 499. The normalized spacial score (nSPS) is 10.4. The summed E-state index contributed by atoms with van der Waals surface area (Å²) in [6.07, 6.45) is 0.433. The molecule has 82 valence electrons. The van der Waals surface area contributed by atoms with Gasteiger partial charge in [0.05, 0.1) is 5.69 Å². The Kier molecular flexibility index (Phi) is 3.15. The summed E-state index contributed by atoms with van der Waals surface area (Å²) < 4.78 is 0. The van der Waals surface area contributed by atoms with E-state index >= 15 is 0 Å². The number of hydrogen-bond donors (Lipinski definition) is 0. The monoisotopic (exact) mass is 231 g/mol. The highest BCUT2D eigenvalue weighted by atomic mass is 32.1. The number of thiazole rings is 1. The summed E-state index contributed by atoms with van der Waals surface area (Å²) in [6.45, 7) is 3.65. The average molecular weight is 231 g/mol. The van der Waals surface area contributed by atoms with E-state index in [1.807, 2.05) is 5.38 Å². The third-order valence-corrected chi connectivity index (χ3v) is 3.22. The number of aryl methyl sites for hydroxylation is 1. The first kappa shape index (κ1) is 11.0. The van der Waals surface area contributed by atoms with Crippen molar-refractivity contribution in [3.05, 3.63) is 40.9 Å². The van der Waals surface area contributed by atoms with Crippen LogP contribution in [0, 0.1) is 6.92 Å². The fourth-order valence-electron chi connectivity index (χ4n) is 1.47. The van der Waals surface area contributed by atoms with Crippen molar-refractivity contribution in [2.75, 3.05) is 0 Å². The molecule has 0 unspecified atom stereocenters. The van der Waals surface area contributed by atoms with Crippen LogP contribution in [0.25, 0.3) is 10.6 Å². The van der Waals surface area contributed by atoms with Gasteiger partial charge in [0.15, 0.2) is 0 Å². The quantitative estimate of drug-likeness (QED) is 0.811. The largest absolute Gasteiger partial charge is 0.300 e. The maximum atomic E-state index is 11.0. The zero-order valence-corrected chi connectivity index (χ0v) is 10.2. The summed E-state index contributed by atoms with van der Waals surface area (Å²) >= 11 is 1.59. The van der Waals surface area contributed by atoms with Crippen LogP contribution < -0.4 is 0 Å². The molecule has 0 radical (unpaired) electrons. The molecule has 2 aromatic rings. The molecule has 2 rings (SSSR count). The molecule has 0 amide bonds. The van der Waals surface area contributed by atoms with E-state index < -0.39 is 0 Å². The first-order valence-corrected chi connectivity index (χ1v) is 6.04. The third kappa shape index (κ3) is 2.55. The van der Waals surface area contributed by atoms with Crippen LogP contribution in [-0.4, -0.2) is 10.8 Å². The minimum absolute atomic E-state index is 0.153. The minimum Gasteiger partial charge on any atom is -0.300 e. The summed E-state index contributed by atoms with van der Waals surface area (Å²) in [4.78, 5) is 15.4. The summed E-state index contributed by atoms with van der Waals surface area (Å²) in [5.74, 6) is 0.153. The second-order valence-electron chi connectivity index (χ2n) is 3.89. The zero-order valence-electron chi connectivity index (χ0n) is 9.36. The molecule has 0 bridgehead atoms. The van der Waals surface area contributed by atoms with Gasteiger partial charge in [-0.05, 0) is 13.8 Å². The molecule has 3 heteroatoms. The topological polar surface area (TPSA) is 30.0 Å². The number of rotatable bonds is 3. The van der Waals surface area contributed by atoms with Gasteiger partial charge in [-0.15, -0.1) is 11.3 Å². The first-order valence-electron chi connectivity index (χ1n) is 5.16. The summed E-state index contributed by atoms with van der Waals surface area (Å²) in [7, 11) is 0. The Hall–Kier alpha value is -1.48. The van der Waals surface area contributed by atoms with E-state index in [-0.39, 0.29) is 5.78 Å². The van der Waals surface area contributed by atoms with Crippen molar-refractivity contribution in [3.63, 3.8) is 0 Å². The molecule has 16 heavy (non-hydrogen) atoms. The first-order chi connectivity index (χ1) is 7.65. The fourth-order valence-corrected chi connectivity index (χ4v) is 2.30. The molecule has 0 saturated heterocycles. The summed E-state index contributed by atoms with van der Waals surface area (Å²) in [5.41, 5.74) is 3.22. The van der Waals surface area contributed by atoms with E-state index in [9.17, 15) is 4.79 Å². The van der Waals surface area contributed by atoms with E-state index in [0.717, 1.165) is 16.3 Å². The molecule has 0 aliphatic carbocycles. The number of carbonyl (C=O) groups is 1. The van der Waals surface area contributed by atoms with E-state index in [2.05, 4.69) is 36.2 Å². The van der Waals surface area contributed by atoms with Gasteiger partial charge in [-0.3, -0.25) is 4.79 Å². The van der Waals surface area contributed by atoms with Crippen LogP contribution >= 0.6 is 11.3 Å². The van der Waals surface area contributed by atoms with Crippen molar-refractivity contribution in [1.29, 1.82) is 0 Å². The number of benzene rings is 1. The number of ketones is 1. The molecule has 0 N–H and O–H groups in total. The number of hydrogen-bond acceptors (Lipinski definition) is 3. The minimum atomic E-state index is 0.153. The van der Waals surface area contributed by atoms with Crippen molar-refractivity contribution in [3.8, 4) is 10.6 Å². The van der Waals surface area contributed by atoms with Crippen LogP contribution in [0.4, 0.5) is 0 Å². The molecule has 1 heterocycles. The second-order valence-corrected chi connectivity index (χ2v) is 4.75. The van der Waals surface area contributed by atoms with Gasteiger partial charge in [-0.1, -0.05) is 29.8 Å². The molecular formula is C13H13NOS. The van der Waals surface area contributed by atoms with Crippen molar-refractivity contribution < 1.29 is 4.79 Å². The van der Waals surface area contributed by atoms with Gasteiger partial charge < -0.3 is 0 Å². The Morgan fingerprint density at radius 1 is 1.31 bits per heavy atom. The van der Waals surface area contributed by atoms with Crippen LogP contribution in [0.2, 0.25) is 0 Å². The number of nitrogens with zero attached hydrogens (tertiary/aromatic N) is 1. The molecule has 0 fully saturated rings. The van der Waals surface area contributed by atoms with Crippen LogP contribution in [0.15, 0.2) is 29.6 Å². The SMILES string of the molecule is CC(=O)Cc1csc(-c2ccc(C)cc2)n1. The van der Waals surface area contributed by atoms with Crippen molar-refractivity contribution in [2.24, 2.45) is 0 Å². The molecule has 1 aromatic heterocycles. The van der Waals surface area contributed by atoms with E-state index in [4.69, 9.17) is 0 Å². The predicted molar refractivity (Wildman–Crippen MR) is 66.7 cm³/mol. The van der Waals surface area contributed by atoms with Gasteiger partial charge >= 0.3 is 0 Å². The van der Waals surface area contributed by atoms with E-state index in [0.29, 0.717) is 6.42 Å².